The van der Waals surface area contributed by atoms with Crippen LogP contribution in [0.3, 0.4) is 0 Å². The lowest BCUT2D eigenvalue weighted by Gasteiger charge is -2.19. The Balaban J connectivity index is 2.34. The van der Waals surface area contributed by atoms with Crippen molar-refractivity contribution < 1.29 is 27.0 Å². The first-order valence-corrected chi connectivity index (χ1v) is 7.86. The molecule has 1 aliphatic rings. The highest BCUT2D eigenvalue weighted by Crippen LogP contribution is 2.32. The Morgan fingerprint density at radius 2 is 2.14 bits per heavy atom. The van der Waals surface area contributed by atoms with Crippen LogP contribution in [0.1, 0.15) is 16.8 Å². The van der Waals surface area contributed by atoms with E-state index in [0.29, 0.717) is 0 Å². The van der Waals surface area contributed by atoms with Gasteiger partial charge in [0.15, 0.2) is 0 Å². The fraction of sp³-hybridized carbons (Fsp3) is 0.333. The second-order valence-electron chi connectivity index (χ2n) is 4.72. The van der Waals surface area contributed by atoms with E-state index >= 15 is 0 Å². The van der Waals surface area contributed by atoms with Crippen molar-refractivity contribution in [2.24, 2.45) is 5.92 Å². The fourth-order valence-electron chi connectivity index (χ4n) is 2.36. The van der Waals surface area contributed by atoms with E-state index in [2.05, 4.69) is 0 Å². The number of halogens is 2. The van der Waals surface area contributed by atoms with E-state index in [1.807, 2.05) is 0 Å². The second kappa shape index (κ2) is 5.61. The van der Waals surface area contributed by atoms with E-state index in [-0.39, 0.29) is 29.2 Å². The molecule has 0 aliphatic carbocycles. The minimum absolute atomic E-state index is 0.0330. The molecule has 1 atom stereocenters. The van der Waals surface area contributed by atoms with Crippen molar-refractivity contribution in [2.75, 3.05) is 17.2 Å². The largest absolute Gasteiger partial charge is 0.478 e. The third kappa shape index (κ3) is 3.51. The maximum atomic E-state index is 12.7. The Morgan fingerprint density at radius 1 is 1.48 bits per heavy atom. The van der Waals surface area contributed by atoms with E-state index in [4.69, 9.17) is 16.7 Å². The van der Waals surface area contributed by atoms with E-state index in [1.165, 1.54) is 18.2 Å². The summed E-state index contributed by atoms with van der Waals surface area (Å²) in [6.07, 6.45) is -0.158. The number of carbonyl (C=O) groups excluding carboxylic acids is 1. The minimum Gasteiger partial charge on any atom is -0.478 e. The summed E-state index contributed by atoms with van der Waals surface area (Å²) < 4.78 is 34.0. The zero-order valence-electron chi connectivity index (χ0n) is 10.6. The molecular weight excluding hydrogens is 325 g/mol. The summed E-state index contributed by atoms with van der Waals surface area (Å²) in [4.78, 5) is 24.3. The van der Waals surface area contributed by atoms with Gasteiger partial charge in [0.1, 0.15) is 5.56 Å². The molecule has 1 fully saturated rings. The summed E-state index contributed by atoms with van der Waals surface area (Å²) in [6.45, 7) is -0.0669. The number of rotatable bonds is 4. The number of hydrogen-bond donors (Lipinski definition) is 1. The number of nitrogens with zero attached hydrogens (tertiary/aromatic N) is 1. The lowest BCUT2D eigenvalue weighted by molar-refractivity contribution is -0.117. The quantitative estimate of drug-likeness (QED) is 0.845. The Kier molecular flexibility index (Phi) is 4.20. The fourth-order valence-corrected chi connectivity index (χ4v) is 3.39. The molecule has 1 aliphatic heterocycles. The van der Waals surface area contributed by atoms with E-state index < -0.39 is 33.8 Å². The van der Waals surface area contributed by atoms with Crippen molar-refractivity contribution in [1.82, 2.24) is 0 Å². The first kappa shape index (κ1) is 15.7. The van der Waals surface area contributed by atoms with Crippen LogP contribution in [-0.2, 0) is 15.0 Å². The van der Waals surface area contributed by atoms with Gasteiger partial charge in [-0.15, -0.1) is 3.89 Å². The molecule has 0 radical (unpaired) electrons. The Bertz CT molecular complexity index is 706. The third-order valence-electron chi connectivity index (χ3n) is 3.14. The molecule has 0 spiro atoms. The summed E-state index contributed by atoms with van der Waals surface area (Å²) in [5.74, 6) is -3.25. The van der Waals surface area contributed by atoms with E-state index in [9.17, 15) is 21.9 Å². The zero-order chi connectivity index (χ0) is 15.8. The number of amides is 1. The number of aromatic carboxylic acids is 1. The van der Waals surface area contributed by atoms with Crippen LogP contribution in [0.25, 0.3) is 0 Å². The van der Waals surface area contributed by atoms with Gasteiger partial charge in [-0.1, -0.05) is 17.7 Å². The lowest BCUT2D eigenvalue weighted by Crippen LogP contribution is -2.27. The molecule has 0 aromatic heterocycles. The molecule has 2 rings (SSSR count). The van der Waals surface area contributed by atoms with Gasteiger partial charge in [0, 0.05) is 18.9 Å². The van der Waals surface area contributed by atoms with Crippen LogP contribution in [0.15, 0.2) is 18.2 Å². The van der Waals surface area contributed by atoms with E-state index in [0.717, 1.165) is 4.90 Å². The van der Waals surface area contributed by atoms with Crippen LogP contribution in [0.4, 0.5) is 9.57 Å². The smallest absolute Gasteiger partial charge is 0.339 e. The highest BCUT2D eigenvalue weighted by molar-refractivity contribution is 7.86. The SMILES string of the molecule is O=C(O)c1c(Cl)cccc1N1CC(CS(=O)(=O)F)CC1=O. The number of carboxylic acid groups (broad SMARTS) is 1. The molecular formula is C12H11ClFNO5S. The van der Waals surface area contributed by atoms with Gasteiger partial charge in [-0.05, 0) is 12.1 Å². The van der Waals surface area contributed by atoms with Gasteiger partial charge in [0.25, 0.3) is 0 Å². The van der Waals surface area contributed by atoms with Gasteiger partial charge in [0.05, 0.1) is 16.5 Å². The lowest BCUT2D eigenvalue weighted by atomic mass is 10.1. The number of hydrogen-bond acceptors (Lipinski definition) is 4. The van der Waals surface area contributed by atoms with Crippen molar-refractivity contribution in [2.45, 2.75) is 6.42 Å². The molecule has 1 heterocycles. The zero-order valence-corrected chi connectivity index (χ0v) is 12.2. The molecule has 1 N–H and O–H groups in total. The summed E-state index contributed by atoms with van der Waals surface area (Å²) >= 11 is 5.82. The molecule has 6 nitrogen and oxygen atoms in total. The standard InChI is InChI=1S/C12H11ClFNO5S/c13-8-2-1-3-9(11(8)12(17)18)15-5-7(4-10(15)16)6-21(14,19)20/h1-3,7H,4-6H2,(H,17,18). The molecule has 9 heteroatoms. The molecule has 1 amide bonds. The topological polar surface area (TPSA) is 91.8 Å². The summed E-state index contributed by atoms with van der Waals surface area (Å²) in [6, 6.07) is 4.26. The number of carboxylic acids is 1. The van der Waals surface area contributed by atoms with Gasteiger partial charge in [0.2, 0.25) is 5.91 Å². The Hall–Kier alpha value is -1.67. The average Bonchev–Trinajstić information content (AvgIpc) is 2.66. The normalized spacial score (nSPS) is 19.0. The van der Waals surface area contributed by atoms with Gasteiger partial charge in [-0.25, -0.2) is 4.79 Å². The van der Waals surface area contributed by atoms with Gasteiger partial charge >= 0.3 is 16.2 Å². The maximum absolute atomic E-state index is 12.7. The van der Waals surface area contributed by atoms with Gasteiger partial charge in [-0.3, -0.25) is 4.79 Å². The van der Waals surface area contributed by atoms with Crippen LogP contribution < -0.4 is 4.90 Å². The highest BCUT2D eigenvalue weighted by atomic mass is 35.5. The number of anilines is 1. The molecule has 1 aromatic rings. The van der Waals surface area contributed by atoms with Crippen molar-refractivity contribution in [3.63, 3.8) is 0 Å². The third-order valence-corrected chi connectivity index (χ3v) is 4.32. The predicted octanol–water partition coefficient (Wildman–Crippen LogP) is 1.69. The van der Waals surface area contributed by atoms with Crippen molar-refractivity contribution in [3.05, 3.63) is 28.8 Å². The van der Waals surface area contributed by atoms with Crippen molar-refractivity contribution in [3.8, 4) is 0 Å². The summed E-state index contributed by atoms with van der Waals surface area (Å²) in [7, 11) is -4.69. The van der Waals surface area contributed by atoms with Crippen LogP contribution in [-0.4, -0.2) is 37.7 Å². The predicted molar refractivity (Wildman–Crippen MR) is 73.8 cm³/mol. The van der Waals surface area contributed by atoms with Crippen molar-refractivity contribution in [1.29, 1.82) is 0 Å². The molecule has 0 saturated carbocycles. The first-order chi connectivity index (χ1) is 9.69. The molecule has 1 unspecified atom stereocenters. The van der Waals surface area contributed by atoms with E-state index in [1.54, 1.807) is 0 Å². The Labute approximate surface area is 125 Å². The first-order valence-electron chi connectivity index (χ1n) is 5.93. The van der Waals surface area contributed by atoms with Gasteiger partial charge < -0.3 is 10.0 Å². The highest BCUT2D eigenvalue weighted by Gasteiger charge is 2.35. The second-order valence-corrected chi connectivity index (χ2v) is 6.54. The maximum Gasteiger partial charge on any atom is 0.339 e. The molecule has 21 heavy (non-hydrogen) atoms. The molecule has 1 aromatic carbocycles. The monoisotopic (exact) mass is 335 g/mol. The molecule has 1 saturated heterocycles. The summed E-state index contributed by atoms with van der Waals surface area (Å²) in [5, 5.41) is 9.13. The molecule has 0 bridgehead atoms. The molecule has 114 valence electrons. The Morgan fingerprint density at radius 3 is 2.71 bits per heavy atom. The van der Waals surface area contributed by atoms with Gasteiger partial charge in [-0.2, -0.15) is 8.42 Å². The van der Waals surface area contributed by atoms with Crippen LogP contribution in [0.5, 0.6) is 0 Å². The summed E-state index contributed by atoms with van der Waals surface area (Å²) in [5.41, 5.74) is -0.157. The average molecular weight is 336 g/mol. The minimum atomic E-state index is -4.69. The van der Waals surface area contributed by atoms with Crippen molar-refractivity contribution >= 4 is 39.4 Å². The van der Waals surface area contributed by atoms with Crippen LogP contribution in [0.2, 0.25) is 5.02 Å². The number of carbonyl (C=O) groups is 2. The van der Waals surface area contributed by atoms with Crippen LogP contribution in [0, 0.1) is 5.92 Å². The number of benzene rings is 1. The van der Waals surface area contributed by atoms with Crippen LogP contribution >= 0.6 is 11.6 Å².